The second kappa shape index (κ2) is 12.4. The van der Waals surface area contributed by atoms with Crippen molar-refractivity contribution in [1.29, 1.82) is 0 Å². The van der Waals surface area contributed by atoms with E-state index >= 15 is 0 Å². The first kappa shape index (κ1) is 21.3. The van der Waals surface area contributed by atoms with Crippen molar-refractivity contribution in [2.45, 2.75) is 38.4 Å². The third kappa shape index (κ3) is 8.05. The summed E-state index contributed by atoms with van der Waals surface area (Å²) in [4.78, 5) is 4.23. The highest BCUT2D eigenvalue weighted by atomic mass is 16.5. The molecule has 1 aromatic carbocycles. The molecule has 7 nitrogen and oxygen atoms in total. The van der Waals surface area contributed by atoms with Crippen molar-refractivity contribution < 1.29 is 18.9 Å². The Bertz CT molecular complexity index is 562. The van der Waals surface area contributed by atoms with Crippen molar-refractivity contribution in [3.8, 4) is 11.5 Å². The Morgan fingerprint density at radius 1 is 1.30 bits per heavy atom. The molecule has 1 aromatic rings. The van der Waals surface area contributed by atoms with E-state index in [-0.39, 0.29) is 12.2 Å². The normalized spacial score (nSPS) is 18.2. The molecule has 2 atom stereocenters. The molecule has 0 aliphatic carbocycles. The molecular formula is C20H33N3O4. The van der Waals surface area contributed by atoms with Crippen molar-refractivity contribution in [3.05, 3.63) is 24.3 Å². The van der Waals surface area contributed by atoms with Crippen LogP contribution < -0.4 is 20.1 Å². The van der Waals surface area contributed by atoms with Gasteiger partial charge in [0.1, 0.15) is 6.10 Å². The Morgan fingerprint density at radius 3 is 2.81 bits per heavy atom. The molecule has 0 radical (unpaired) electrons. The van der Waals surface area contributed by atoms with Gasteiger partial charge in [-0.2, -0.15) is 0 Å². The molecule has 1 fully saturated rings. The van der Waals surface area contributed by atoms with E-state index in [4.69, 9.17) is 18.9 Å². The monoisotopic (exact) mass is 379 g/mol. The molecule has 27 heavy (non-hydrogen) atoms. The first-order chi connectivity index (χ1) is 13.2. The Balaban J connectivity index is 1.57. The summed E-state index contributed by atoms with van der Waals surface area (Å²) in [6.45, 7) is 5.73. The van der Waals surface area contributed by atoms with Gasteiger partial charge in [-0.05, 0) is 38.3 Å². The Kier molecular flexibility index (Phi) is 9.79. The van der Waals surface area contributed by atoms with Crippen LogP contribution in [0, 0.1) is 0 Å². The van der Waals surface area contributed by atoms with E-state index in [2.05, 4.69) is 15.6 Å². The summed E-state index contributed by atoms with van der Waals surface area (Å²) in [6.07, 6.45) is 3.44. The van der Waals surface area contributed by atoms with E-state index in [0.717, 1.165) is 56.5 Å². The van der Waals surface area contributed by atoms with Crippen LogP contribution in [0.15, 0.2) is 29.3 Å². The number of hydrogen-bond donors (Lipinski definition) is 2. The third-order valence-corrected chi connectivity index (χ3v) is 4.26. The first-order valence-electron chi connectivity index (χ1n) is 9.66. The van der Waals surface area contributed by atoms with Gasteiger partial charge in [0.25, 0.3) is 0 Å². The molecule has 2 rings (SSSR count). The minimum Gasteiger partial charge on any atom is -0.493 e. The van der Waals surface area contributed by atoms with Gasteiger partial charge in [-0.25, -0.2) is 0 Å². The van der Waals surface area contributed by atoms with Gasteiger partial charge in [0.05, 0.1) is 26.4 Å². The van der Waals surface area contributed by atoms with E-state index < -0.39 is 0 Å². The molecule has 2 N–H and O–H groups in total. The van der Waals surface area contributed by atoms with Crippen molar-refractivity contribution in [2.24, 2.45) is 4.99 Å². The summed E-state index contributed by atoms with van der Waals surface area (Å²) in [7, 11) is 3.40. The van der Waals surface area contributed by atoms with Crippen molar-refractivity contribution in [1.82, 2.24) is 10.6 Å². The van der Waals surface area contributed by atoms with Crippen LogP contribution in [-0.2, 0) is 9.47 Å². The number of nitrogens with zero attached hydrogens (tertiary/aromatic N) is 1. The van der Waals surface area contributed by atoms with Gasteiger partial charge in [-0.1, -0.05) is 12.1 Å². The largest absolute Gasteiger partial charge is 0.493 e. The smallest absolute Gasteiger partial charge is 0.191 e. The SMILES string of the molecule is CN=C(NCCCOCC1CCCO1)NCC(C)Oc1ccccc1OC. The lowest BCUT2D eigenvalue weighted by Crippen LogP contribution is -2.42. The fourth-order valence-electron chi connectivity index (χ4n) is 2.81. The maximum absolute atomic E-state index is 5.94. The summed E-state index contributed by atoms with van der Waals surface area (Å²) >= 11 is 0. The molecule has 152 valence electrons. The van der Waals surface area contributed by atoms with Gasteiger partial charge in [0, 0.05) is 26.8 Å². The molecule has 1 saturated heterocycles. The number of aliphatic imine (C=N–C) groups is 1. The van der Waals surface area contributed by atoms with Crippen LogP contribution in [-0.4, -0.2) is 65.2 Å². The second-order valence-electron chi connectivity index (χ2n) is 6.52. The lowest BCUT2D eigenvalue weighted by atomic mass is 10.2. The zero-order valence-electron chi connectivity index (χ0n) is 16.7. The average Bonchev–Trinajstić information content (AvgIpc) is 3.20. The van der Waals surface area contributed by atoms with Crippen LogP contribution in [0.5, 0.6) is 11.5 Å². The fraction of sp³-hybridized carbons (Fsp3) is 0.650. The lowest BCUT2D eigenvalue weighted by Gasteiger charge is -2.19. The Hall–Kier alpha value is -1.99. The highest BCUT2D eigenvalue weighted by Gasteiger charge is 2.15. The Morgan fingerprint density at radius 2 is 2.11 bits per heavy atom. The topological polar surface area (TPSA) is 73.3 Å². The fourth-order valence-corrected chi connectivity index (χ4v) is 2.81. The summed E-state index contributed by atoms with van der Waals surface area (Å²) in [5, 5.41) is 6.56. The lowest BCUT2D eigenvalue weighted by molar-refractivity contribution is 0.0168. The predicted molar refractivity (Wildman–Crippen MR) is 107 cm³/mol. The number of para-hydroxylation sites is 2. The van der Waals surface area contributed by atoms with Crippen molar-refractivity contribution >= 4 is 5.96 Å². The zero-order valence-corrected chi connectivity index (χ0v) is 16.7. The van der Waals surface area contributed by atoms with Crippen molar-refractivity contribution in [3.63, 3.8) is 0 Å². The number of guanidine groups is 1. The molecule has 0 spiro atoms. The Labute approximate surface area is 162 Å². The number of methoxy groups -OCH3 is 1. The quantitative estimate of drug-likeness (QED) is 0.349. The minimum absolute atomic E-state index is 0.0328. The molecule has 1 aliphatic heterocycles. The summed E-state index contributed by atoms with van der Waals surface area (Å²) in [5.74, 6) is 2.22. The predicted octanol–water partition coefficient (Wildman–Crippen LogP) is 2.21. The highest BCUT2D eigenvalue weighted by Crippen LogP contribution is 2.26. The molecular weight excluding hydrogens is 346 g/mol. The molecule has 2 unspecified atom stereocenters. The molecule has 0 bridgehead atoms. The first-order valence-corrected chi connectivity index (χ1v) is 9.66. The van der Waals surface area contributed by atoms with E-state index in [1.807, 2.05) is 31.2 Å². The number of benzene rings is 1. The number of ether oxygens (including phenoxy) is 4. The van der Waals surface area contributed by atoms with Gasteiger partial charge in [0.2, 0.25) is 0 Å². The van der Waals surface area contributed by atoms with Gasteiger partial charge in [-0.3, -0.25) is 4.99 Å². The average molecular weight is 380 g/mol. The maximum Gasteiger partial charge on any atom is 0.191 e. The van der Waals surface area contributed by atoms with Crippen LogP contribution in [0.2, 0.25) is 0 Å². The van der Waals surface area contributed by atoms with Gasteiger partial charge in [0.15, 0.2) is 17.5 Å². The van der Waals surface area contributed by atoms with Crippen LogP contribution in [0.4, 0.5) is 0 Å². The van der Waals surface area contributed by atoms with Gasteiger partial charge < -0.3 is 29.6 Å². The van der Waals surface area contributed by atoms with Crippen LogP contribution in [0.3, 0.4) is 0 Å². The van der Waals surface area contributed by atoms with Gasteiger partial charge in [-0.15, -0.1) is 0 Å². The van der Waals surface area contributed by atoms with Gasteiger partial charge >= 0.3 is 0 Å². The number of nitrogens with one attached hydrogen (secondary N) is 2. The highest BCUT2D eigenvalue weighted by molar-refractivity contribution is 5.79. The molecule has 1 heterocycles. The number of hydrogen-bond acceptors (Lipinski definition) is 5. The molecule has 1 aliphatic rings. The summed E-state index contributed by atoms with van der Waals surface area (Å²) in [6, 6.07) is 7.64. The zero-order chi connectivity index (χ0) is 19.3. The third-order valence-electron chi connectivity index (χ3n) is 4.26. The molecule has 0 saturated carbocycles. The van der Waals surface area contributed by atoms with E-state index in [9.17, 15) is 0 Å². The van der Waals surface area contributed by atoms with Crippen LogP contribution in [0.1, 0.15) is 26.2 Å². The van der Waals surface area contributed by atoms with E-state index in [1.165, 1.54) is 0 Å². The van der Waals surface area contributed by atoms with Crippen LogP contribution >= 0.6 is 0 Å². The summed E-state index contributed by atoms with van der Waals surface area (Å²) in [5.41, 5.74) is 0. The van der Waals surface area contributed by atoms with Crippen molar-refractivity contribution in [2.75, 3.05) is 47.1 Å². The molecule has 0 aromatic heterocycles. The molecule has 0 amide bonds. The standard InChI is InChI=1S/C20H33N3O4/c1-16(27-19-10-5-4-9-18(19)24-3)14-23-20(21-2)22-11-7-12-25-15-17-8-6-13-26-17/h4-5,9-10,16-17H,6-8,11-15H2,1-3H3,(H2,21,22,23). The molecule has 7 heteroatoms. The number of rotatable bonds is 11. The van der Waals surface area contributed by atoms with Crippen LogP contribution in [0.25, 0.3) is 0 Å². The van der Waals surface area contributed by atoms with E-state index in [0.29, 0.717) is 13.2 Å². The summed E-state index contributed by atoms with van der Waals surface area (Å²) < 4.78 is 22.4. The maximum atomic E-state index is 5.94. The van der Waals surface area contributed by atoms with E-state index in [1.54, 1.807) is 14.2 Å². The minimum atomic E-state index is -0.0328. The second-order valence-corrected chi connectivity index (χ2v) is 6.52.